The van der Waals surface area contributed by atoms with E-state index in [0.717, 1.165) is 21.1 Å². The third kappa shape index (κ3) is 1.03. The highest BCUT2D eigenvalue weighted by molar-refractivity contribution is 14.1. The van der Waals surface area contributed by atoms with Crippen LogP contribution in [0.3, 0.4) is 0 Å². The first kappa shape index (κ1) is 8.04. The lowest BCUT2D eigenvalue weighted by molar-refractivity contribution is 0.0994. The molecule has 1 aromatic carbocycles. The molecule has 0 fully saturated rings. The summed E-state index contributed by atoms with van der Waals surface area (Å²) in [5, 5.41) is 9.35. The molecule has 2 nitrogen and oxygen atoms in total. The SMILES string of the molecule is O=C1CCc2c1ccc(O)c2I. The number of fused-ring (bicyclic) bond motifs is 1. The van der Waals surface area contributed by atoms with Crippen LogP contribution < -0.4 is 0 Å². The molecule has 3 heteroatoms. The number of hydrogen-bond acceptors (Lipinski definition) is 2. The Morgan fingerprint density at radius 1 is 1.33 bits per heavy atom. The summed E-state index contributed by atoms with van der Waals surface area (Å²) >= 11 is 2.08. The Morgan fingerprint density at radius 3 is 2.83 bits per heavy atom. The molecule has 0 saturated heterocycles. The average Bonchev–Trinajstić information content (AvgIpc) is 2.41. The van der Waals surface area contributed by atoms with Gasteiger partial charge in [-0.2, -0.15) is 0 Å². The van der Waals surface area contributed by atoms with Gasteiger partial charge in [0.1, 0.15) is 5.75 Å². The van der Waals surface area contributed by atoms with Crippen LogP contribution in [-0.4, -0.2) is 10.9 Å². The van der Waals surface area contributed by atoms with Gasteiger partial charge < -0.3 is 5.11 Å². The number of halogens is 1. The van der Waals surface area contributed by atoms with Gasteiger partial charge in [-0.25, -0.2) is 0 Å². The summed E-state index contributed by atoms with van der Waals surface area (Å²) in [7, 11) is 0. The molecule has 1 aromatic rings. The summed E-state index contributed by atoms with van der Waals surface area (Å²) in [6.45, 7) is 0. The largest absolute Gasteiger partial charge is 0.507 e. The molecule has 0 heterocycles. The zero-order valence-electron chi connectivity index (χ0n) is 6.30. The molecular formula is C9H7IO2. The lowest BCUT2D eigenvalue weighted by Gasteiger charge is -2.02. The van der Waals surface area contributed by atoms with Crippen LogP contribution >= 0.6 is 22.6 Å². The van der Waals surface area contributed by atoms with E-state index in [1.165, 1.54) is 0 Å². The monoisotopic (exact) mass is 274 g/mol. The molecule has 0 amide bonds. The van der Waals surface area contributed by atoms with Gasteiger partial charge in [0.2, 0.25) is 0 Å². The van der Waals surface area contributed by atoms with Crippen molar-refractivity contribution < 1.29 is 9.90 Å². The summed E-state index contributed by atoms with van der Waals surface area (Å²) < 4.78 is 0.830. The predicted octanol–water partition coefficient (Wildman–Crippen LogP) is 2.13. The fourth-order valence-electron chi connectivity index (χ4n) is 1.49. The van der Waals surface area contributed by atoms with E-state index < -0.39 is 0 Å². The number of carbonyl (C=O) groups excluding carboxylic acids is 1. The van der Waals surface area contributed by atoms with E-state index in [4.69, 9.17) is 0 Å². The Hall–Kier alpha value is -0.580. The van der Waals surface area contributed by atoms with Crippen LogP contribution in [-0.2, 0) is 6.42 Å². The fourth-order valence-corrected chi connectivity index (χ4v) is 2.23. The molecule has 0 aromatic heterocycles. The minimum absolute atomic E-state index is 0.197. The normalized spacial score (nSPS) is 14.9. The molecule has 0 radical (unpaired) electrons. The maximum atomic E-state index is 11.2. The molecule has 0 bridgehead atoms. The third-order valence-electron chi connectivity index (χ3n) is 2.13. The van der Waals surface area contributed by atoms with E-state index in [2.05, 4.69) is 22.6 Å². The molecule has 1 aliphatic carbocycles. The Balaban J connectivity index is 2.68. The summed E-state index contributed by atoms with van der Waals surface area (Å²) in [6, 6.07) is 3.30. The molecule has 2 rings (SSSR count). The van der Waals surface area contributed by atoms with Crippen LogP contribution in [0.4, 0.5) is 0 Å². The summed E-state index contributed by atoms with van der Waals surface area (Å²) in [5.41, 5.74) is 1.80. The summed E-state index contributed by atoms with van der Waals surface area (Å²) in [4.78, 5) is 11.2. The second kappa shape index (κ2) is 2.73. The highest BCUT2D eigenvalue weighted by Crippen LogP contribution is 2.31. The number of aromatic hydroxyl groups is 1. The van der Waals surface area contributed by atoms with Crippen molar-refractivity contribution in [2.75, 3.05) is 0 Å². The van der Waals surface area contributed by atoms with Crippen LogP contribution in [0.1, 0.15) is 22.3 Å². The predicted molar refractivity (Wildman–Crippen MR) is 53.5 cm³/mol. The van der Waals surface area contributed by atoms with Crippen molar-refractivity contribution in [1.82, 2.24) is 0 Å². The van der Waals surface area contributed by atoms with Crippen LogP contribution in [0, 0.1) is 3.57 Å². The Labute approximate surface area is 83.7 Å². The standard InChI is InChI=1S/C9H7IO2/c10-9-6-2-3-7(11)5(6)1-4-8(9)12/h1,4,12H,2-3H2. The van der Waals surface area contributed by atoms with Crippen molar-refractivity contribution in [3.63, 3.8) is 0 Å². The quantitative estimate of drug-likeness (QED) is 0.736. The zero-order valence-corrected chi connectivity index (χ0v) is 8.46. The number of Topliss-reactive ketones (excluding diaryl/α,β-unsaturated/α-hetero) is 1. The number of hydrogen-bond donors (Lipinski definition) is 1. The molecule has 1 N–H and O–H groups in total. The first-order chi connectivity index (χ1) is 5.70. The van der Waals surface area contributed by atoms with E-state index in [1.54, 1.807) is 12.1 Å². The molecule has 0 atom stereocenters. The molecule has 0 saturated carbocycles. The van der Waals surface area contributed by atoms with Crippen molar-refractivity contribution in [3.8, 4) is 5.75 Å². The smallest absolute Gasteiger partial charge is 0.163 e. The van der Waals surface area contributed by atoms with Crippen molar-refractivity contribution in [2.45, 2.75) is 12.8 Å². The summed E-state index contributed by atoms with van der Waals surface area (Å²) in [6.07, 6.45) is 1.37. The maximum Gasteiger partial charge on any atom is 0.163 e. The molecular weight excluding hydrogens is 267 g/mol. The molecule has 62 valence electrons. The minimum atomic E-state index is 0.197. The average molecular weight is 274 g/mol. The van der Waals surface area contributed by atoms with Crippen LogP contribution in [0.15, 0.2) is 12.1 Å². The zero-order chi connectivity index (χ0) is 8.72. The highest BCUT2D eigenvalue weighted by atomic mass is 127. The first-order valence-corrected chi connectivity index (χ1v) is 4.81. The Morgan fingerprint density at radius 2 is 2.08 bits per heavy atom. The van der Waals surface area contributed by atoms with Gasteiger partial charge >= 0.3 is 0 Å². The van der Waals surface area contributed by atoms with E-state index in [1.807, 2.05) is 0 Å². The van der Waals surface area contributed by atoms with E-state index in [-0.39, 0.29) is 11.5 Å². The Bertz CT molecular complexity index is 358. The number of ketones is 1. The topological polar surface area (TPSA) is 37.3 Å². The molecule has 0 unspecified atom stereocenters. The molecule has 12 heavy (non-hydrogen) atoms. The van der Waals surface area contributed by atoms with Crippen LogP contribution in [0.25, 0.3) is 0 Å². The van der Waals surface area contributed by atoms with Gasteiger partial charge in [0.15, 0.2) is 5.78 Å². The van der Waals surface area contributed by atoms with Gasteiger partial charge in [0.05, 0.1) is 3.57 Å². The molecule has 1 aliphatic rings. The van der Waals surface area contributed by atoms with Crippen molar-refractivity contribution >= 4 is 28.4 Å². The number of benzene rings is 1. The highest BCUT2D eigenvalue weighted by Gasteiger charge is 2.22. The minimum Gasteiger partial charge on any atom is -0.507 e. The number of rotatable bonds is 0. The van der Waals surface area contributed by atoms with Gasteiger partial charge in [-0.1, -0.05) is 0 Å². The number of phenols is 1. The van der Waals surface area contributed by atoms with Crippen molar-refractivity contribution in [1.29, 1.82) is 0 Å². The van der Waals surface area contributed by atoms with Gasteiger partial charge in [0, 0.05) is 12.0 Å². The maximum absolute atomic E-state index is 11.2. The number of phenolic OH excluding ortho intramolecular Hbond substituents is 1. The number of carbonyl (C=O) groups is 1. The summed E-state index contributed by atoms with van der Waals surface area (Å²) in [5.74, 6) is 0.479. The second-order valence-corrected chi connectivity index (χ2v) is 3.93. The van der Waals surface area contributed by atoms with Gasteiger partial charge in [-0.3, -0.25) is 4.79 Å². The van der Waals surface area contributed by atoms with Gasteiger partial charge in [0.25, 0.3) is 0 Å². The van der Waals surface area contributed by atoms with E-state index in [9.17, 15) is 9.90 Å². The van der Waals surface area contributed by atoms with E-state index in [0.29, 0.717) is 6.42 Å². The van der Waals surface area contributed by atoms with Crippen molar-refractivity contribution in [2.24, 2.45) is 0 Å². The lowest BCUT2D eigenvalue weighted by atomic mass is 10.1. The third-order valence-corrected chi connectivity index (χ3v) is 3.33. The van der Waals surface area contributed by atoms with Crippen molar-refractivity contribution in [3.05, 3.63) is 26.8 Å². The van der Waals surface area contributed by atoms with Gasteiger partial charge in [-0.15, -0.1) is 0 Å². The second-order valence-electron chi connectivity index (χ2n) is 2.85. The fraction of sp³-hybridized carbons (Fsp3) is 0.222. The van der Waals surface area contributed by atoms with Crippen LogP contribution in [0.2, 0.25) is 0 Å². The van der Waals surface area contributed by atoms with Gasteiger partial charge in [-0.05, 0) is 46.7 Å². The Kier molecular flexibility index (Phi) is 1.83. The molecule has 0 spiro atoms. The lowest BCUT2D eigenvalue weighted by Crippen LogP contribution is -1.91. The van der Waals surface area contributed by atoms with Crippen LogP contribution in [0.5, 0.6) is 5.75 Å². The van der Waals surface area contributed by atoms with E-state index >= 15 is 0 Å². The first-order valence-electron chi connectivity index (χ1n) is 3.73. The molecule has 0 aliphatic heterocycles.